The van der Waals surface area contributed by atoms with Crippen molar-refractivity contribution < 1.29 is 4.79 Å². The molecule has 0 rings (SSSR count). The van der Waals surface area contributed by atoms with Crippen LogP contribution in [0.5, 0.6) is 0 Å². The molecule has 0 spiro atoms. The van der Waals surface area contributed by atoms with Crippen LogP contribution in [0.15, 0.2) is 0 Å². The number of hydrogen-bond acceptors (Lipinski definition) is 1. The maximum atomic E-state index is 10.9. The average Bonchev–Trinajstić information content (AvgIpc) is 1.65. The number of hydrogen-bond donors (Lipinski definition) is 0. The van der Waals surface area contributed by atoms with Gasteiger partial charge in [-0.1, -0.05) is 27.2 Å². The van der Waals surface area contributed by atoms with E-state index in [0.717, 1.165) is 12.8 Å². The van der Waals surface area contributed by atoms with Crippen molar-refractivity contribution in [3.8, 4) is 0 Å². The minimum Gasteiger partial charge on any atom is -0.299 e. The summed E-state index contributed by atoms with van der Waals surface area (Å²) in [5, 5.41) is 0. The van der Waals surface area contributed by atoms with E-state index in [4.69, 9.17) is 0 Å². The monoisotopic (exact) mass is 128 g/mol. The Bertz CT molecular complexity index is 103. The molecule has 0 saturated carbocycles. The Morgan fingerprint density at radius 3 is 2.00 bits per heavy atom. The van der Waals surface area contributed by atoms with Gasteiger partial charge in [-0.2, -0.15) is 0 Å². The fraction of sp³-hybridized carbons (Fsp3) is 0.875. The summed E-state index contributed by atoms with van der Waals surface area (Å²) in [7, 11) is 0. The Balaban J connectivity index is 3.85. The van der Waals surface area contributed by atoms with Gasteiger partial charge in [0.2, 0.25) is 0 Å². The molecule has 0 aromatic carbocycles. The quantitative estimate of drug-likeness (QED) is 0.570. The maximum absolute atomic E-state index is 10.9. The van der Waals surface area contributed by atoms with Gasteiger partial charge in [-0.15, -0.1) is 0 Å². The zero-order valence-corrected chi connectivity index (χ0v) is 6.82. The van der Waals surface area contributed by atoms with Gasteiger partial charge in [0.15, 0.2) is 0 Å². The summed E-state index contributed by atoms with van der Waals surface area (Å²) in [6, 6.07) is 0. The van der Waals surface area contributed by atoms with Gasteiger partial charge in [-0.05, 0) is 13.3 Å². The molecule has 0 N–H and O–H groups in total. The zero-order valence-electron chi connectivity index (χ0n) is 6.82. The summed E-state index contributed by atoms with van der Waals surface area (Å²) >= 11 is 0. The fourth-order valence-corrected chi connectivity index (χ4v) is 0.801. The molecule has 0 saturated heterocycles. The third-order valence-electron chi connectivity index (χ3n) is 1.83. The Morgan fingerprint density at radius 1 is 1.44 bits per heavy atom. The van der Waals surface area contributed by atoms with E-state index in [9.17, 15) is 4.79 Å². The Kier molecular flexibility index (Phi) is 2.89. The van der Waals surface area contributed by atoms with Crippen LogP contribution in [0.1, 0.15) is 40.5 Å². The lowest BCUT2D eigenvalue weighted by Gasteiger charge is -2.19. The number of rotatable bonds is 3. The predicted molar refractivity (Wildman–Crippen MR) is 39.4 cm³/mol. The van der Waals surface area contributed by atoms with Crippen molar-refractivity contribution in [1.29, 1.82) is 0 Å². The first-order chi connectivity index (χ1) is 4.00. The largest absolute Gasteiger partial charge is 0.299 e. The Morgan fingerprint density at radius 2 is 1.89 bits per heavy atom. The first-order valence-electron chi connectivity index (χ1n) is 3.51. The second kappa shape index (κ2) is 3.00. The van der Waals surface area contributed by atoms with Gasteiger partial charge < -0.3 is 0 Å². The molecule has 0 aliphatic carbocycles. The van der Waals surface area contributed by atoms with Gasteiger partial charge in [0.1, 0.15) is 5.78 Å². The number of carbonyl (C=O) groups is 1. The van der Waals surface area contributed by atoms with Crippen LogP contribution in [0.25, 0.3) is 0 Å². The highest BCUT2D eigenvalue weighted by Crippen LogP contribution is 2.22. The molecule has 0 radical (unpaired) electrons. The topological polar surface area (TPSA) is 17.1 Å². The van der Waals surface area contributed by atoms with Crippen molar-refractivity contribution in [3.05, 3.63) is 0 Å². The zero-order chi connectivity index (χ0) is 7.49. The lowest BCUT2D eigenvalue weighted by molar-refractivity contribution is -0.125. The molecule has 54 valence electrons. The van der Waals surface area contributed by atoms with Crippen LogP contribution in [-0.4, -0.2) is 5.78 Å². The molecule has 0 aromatic heterocycles. The SMILES string of the molecule is CCCC(C)(C)C(C)=O. The minimum absolute atomic E-state index is 0.0885. The molecule has 9 heavy (non-hydrogen) atoms. The fourth-order valence-electron chi connectivity index (χ4n) is 0.801. The molecule has 0 amide bonds. The lowest BCUT2D eigenvalue weighted by atomic mass is 9.84. The van der Waals surface area contributed by atoms with Gasteiger partial charge in [-0.3, -0.25) is 4.79 Å². The molecule has 0 bridgehead atoms. The summed E-state index contributed by atoms with van der Waals surface area (Å²) < 4.78 is 0. The van der Waals surface area contributed by atoms with Gasteiger partial charge in [0.05, 0.1) is 0 Å². The highest BCUT2D eigenvalue weighted by molar-refractivity contribution is 5.81. The van der Waals surface area contributed by atoms with Crippen LogP contribution < -0.4 is 0 Å². The van der Waals surface area contributed by atoms with Gasteiger partial charge in [0.25, 0.3) is 0 Å². The third kappa shape index (κ3) is 2.64. The van der Waals surface area contributed by atoms with Gasteiger partial charge in [-0.25, -0.2) is 0 Å². The molecule has 0 fully saturated rings. The van der Waals surface area contributed by atoms with E-state index in [1.54, 1.807) is 6.92 Å². The van der Waals surface area contributed by atoms with E-state index in [1.807, 2.05) is 13.8 Å². The second-order valence-corrected chi connectivity index (χ2v) is 3.19. The maximum Gasteiger partial charge on any atom is 0.135 e. The van der Waals surface area contributed by atoms with Crippen molar-refractivity contribution >= 4 is 5.78 Å². The van der Waals surface area contributed by atoms with Crippen molar-refractivity contribution in [2.45, 2.75) is 40.5 Å². The highest BCUT2D eigenvalue weighted by atomic mass is 16.1. The standard InChI is InChI=1S/C8H16O/c1-5-6-8(3,4)7(2)9/h5-6H2,1-4H3. The lowest BCUT2D eigenvalue weighted by Crippen LogP contribution is -2.20. The van der Waals surface area contributed by atoms with Crippen LogP contribution in [0, 0.1) is 5.41 Å². The van der Waals surface area contributed by atoms with Crippen molar-refractivity contribution in [1.82, 2.24) is 0 Å². The molecular weight excluding hydrogens is 112 g/mol. The van der Waals surface area contributed by atoms with E-state index in [2.05, 4.69) is 6.92 Å². The first kappa shape index (κ1) is 8.67. The summed E-state index contributed by atoms with van der Waals surface area (Å²) in [5.74, 6) is 0.296. The van der Waals surface area contributed by atoms with E-state index in [0.29, 0.717) is 5.78 Å². The smallest absolute Gasteiger partial charge is 0.135 e. The summed E-state index contributed by atoms with van der Waals surface area (Å²) in [6.45, 7) is 7.76. The first-order valence-corrected chi connectivity index (χ1v) is 3.51. The molecule has 0 aromatic rings. The van der Waals surface area contributed by atoms with Crippen LogP contribution in [-0.2, 0) is 4.79 Å². The molecular formula is C8H16O. The molecule has 0 aliphatic heterocycles. The van der Waals surface area contributed by atoms with Crippen LogP contribution in [0.2, 0.25) is 0 Å². The number of carbonyl (C=O) groups excluding carboxylic acids is 1. The molecule has 0 unspecified atom stereocenters. The third-order valence-corrected chi connectivity index (χ3v) is 1.83. The van der Waals surface area contributed by atoms with Gasteiger partial charge in [0, 0.05) is 5.41 Å². The van der Waals surface area contributed by atoms with E-state index >= 15 is 0 Å². The minimum atomic E-state index is -0.0885. The van der Waals surface area contributed by atoms with Crippen molar-refractivity contribution in [3.63, 3.8) is 0 Å². The highest BCUT2D eigenvalue weighted by Gasteiger charge is 2.21. The normalized spacial score (nSPS) is 11.6. The summed E-state index contributed by atoms with van der Waals surface area (Å²) in [4.78, 5) is 10.9. The summed E-state index contributed by atoms with van der Waals surface area (Å²) in [5.41, 5.74) is -0.0885. The summed E-state index contributed by atoms with van der Waals surface area (Å²) in [6.07, 6.45) is 2.09. The molecule has 0 heterocycles. The Labute approximate surface area is 57.5 Å². The molecule has 0 atom stereocenters. The number of Topliss-reactive ketones (excluding diaryl/α,β-unsaturated/α-hetero) is 1. The van der Waals surface area contributed by atoms with Crippen LogP contribution in [0.3, 0.4) is 0 Å². The van der Waals surface area contributed by atoms with Crippen molar-refractivity contribution in [2.24, 2.45) is 5.41 Å². The van der Waals surface area contributed by atoms with E-state index < -0.39 is 0 Å². The Hall–Kier alpha value is -0.330. The van der Waals surface area contributed by atoms with Crippen molar-refractivity contribution in [2.75, 3.05) is 0 Å². The molecule has 1 nitrogen and oxygen atoms in total. The number of ketones is 1. The molecule has 0 aliphatic rings. The van der Waals surface area contributed by atoms with Gasteiger partial charge >= 0.3 is 0 Å². The van der Waals surface area contributed by atoms with Crippen LogP contribution >= 0.6 is 0 Å². The van der Waals surface area contributed by atoms with E-state index in [-0.39, 0.29) is 5.41 Å². The average molecular weight is 128 g/mol. The van der Waals surface area contributed by atoms with Crippen LogP contribution in [0.4, 0.5) is 0 Å². The second-order valence-electron chi connectivity index (χ2n) is 3.19. The predicted octanol–water partition coefficient (Wildman–Crippen LogP) is 2.40. The molecule has 1 heteroatoms. The van der Waals surface area contributed by atoms with E-state index in [1.165, 1.54) is 0 Å².